The summed E-state index contributed by atoms with van der Waals surface area (Å²) in [4.78, 5) is 12.7. The minimum absolute atomic E-state index is 0.363. The van der Waals surface area contributed by atoms with Gasteiger partial charge >= 0.3 is 0 Å². The van der Waals surface area contributed by atoms with E-state index >= 15 is 0 Å². The first-order valence-corrected chi connectivity index (χ1v) is 11.0. The number of ether oxygens (including phenoxy) is 2. The highest BCUT2D eigenvalue weighted by Crippen LogP contribution is 2.30. The largest absolute Gasteiger partial charge is 0.497 e. The van der Waals surface area contributed by atoms with Crippen molar-refractivity contribution in [1.29, 1.82) is 0 Å². The average Bonchev–Trinajstić information content (AvgIpc) is 2.67. The number of benzene rings is 2. The summed E-state index contributed by atoms with van der Waals surface area (Å²) < 4.78 is 36.3. The molecule has 7 nitrogen and oxygen atoms in total. The summed E-state index contributed by atoms with van der Waals surface area (Å²) in [6.07, 6.45) is 1.05. The average molecular weight is 441 g/mol. The second-order valence-corrected chi connectivity index (χ2v) is 8.86. The maximum atomic E-state index is 12.7. The first kappa shape index (κ1) is 22.8. The van der Waals surface area contributed by atoms with Crippen molar-refractivity contribution in [3.8, 4) is 11.5 Å². The van der Waals surface area contributed by atoms with Crippen molar-refractivity contribution in [2.24, 2.45) is 0 Å². The number of nitrogens with one attached hydrogen (secondary N) is 1. The molecule has 0 saturated heterocycles. The van der Waals surface area contributed by atoms with Crippen LogP contribution in [0.5, 0.6) is 11.5 Å². The van der Waals surface area contributed by atoms with Crippen LogP contribution >= 0.6 is 11.6 Å². The normalized spacial score (nSPS) is 12.2. The molecule has 1 atom stereocenters. The zero-order valence-corrected chi connectivity index (χ0v) is 18.6. The van der Waals surface area contributed by atoms with E-state index in [1.807, 2.05) is 0 Å². The van der Waals surface area contributed by atoms with Crippen LogP contribution in [0.2, 0.25) is 5.02 Å². The van der Waals surface area contributed by atoms with Gasteiger partial charge in [-0.2, -0.15) is 0 Å². The summed E-state index contributed by atoms with van der Waals surface area (Å²) in [6.45, 7) is 3.11. The van der Waals surface area contributed by atoms with Gasteiger partial charge < -0.3 is 14.8 Å². The Morgan fingerprint density at radius 3 is 2.48 bits per heavy atom. The first-order chi connectivity index (χ1) is 13.6. The minimum Gasteiger partial charge on any atom is -0.497 e. The summed E-state index contributed by atoms with van der Waals surface area (Å²) in [6, 6.07) is 9.75. The topological polar surface area (TPSA) is 84.9 Å². The van der Waals surface area contributed by atoms with E-state index < -0.39 is 22.0 Å². The molecule has 0 bridgehead atoms. The van der Waals surface area contributed by atoms with Crippen LogP contribution in [0.3, 0.4) is 0 Å². The fraction of sp³-hybridized carbons (Fsp3) is 0.350. The van der Waals surface area contributed by atoms with E-state index in [9.17, 15) is 13.2 Å². The van der Waals surface area contributed by atoms with Crippen molar-refractivity contribution in [1.82, 2.24) is 5.32 Å². The molecular weight excluding hydrogens is 416 g/mol. The second-order valence-electron chi connectivity index (χ2n) is 6.55. The Morgan fingerprint density at radius 2 is 1.90 bits per heavy atom. The maximum absolute atomic E-state index is 12.7. The van der Waals surface area contributed by atoms with Gasteiger partial charge in [-0.15, -0.1) is 0 Å². The summed E-state index contributed by atoms with van der Waals surface area (Å²) >= 11 is 6.12. The van der Waals surface area contributed by atoms with E-state index in [1.165, 1.54) is 7.11 Å². The number of carbonyl (C=O) groups is 1. The van der Waals surface area contributed by atoms with Gasteiger partial charge in [-0.25, -0.2) is 8.42 Å². The van der Waals surface area contributed by atoms with Crippen molar-refractivity contribution in [2.45, 2.75) is 19.9 Å². The molecule has 0 aliphatic heterocycles. The molecule has 0 heterocycles. The molecule has 0 aliphatic rings. The van der Waals surface area contributed by atoms with Gasteiger partial charge in [0.15, 0.2) is 0 Å². The van der Waals surface area contributed by atoms with Crippen molar-refractivity contribution in [2.75, 3.05) is 31.3 Å². The molecule has 0 unspecified atom stereocenters. The minimum atomic E-state index is -3.71. The predicted molar refractivity (Wildman–Crippen MR) is 114 cm³/mol. The Balaban J connectivity index is 2.26. The highest BCUT2D eigenvalue weighted by molar-refractivity contribution is 7.92. The number of nitrogens with zero attached hydrogens (tertiary/aromatic N) is 1. The fourth-order valence-corrected chi connectivity index (χ4v) is 4.00. The number of carbonyl (C=O) groups excluding carboxylic acids is 1. The number of methoxy groups -OCH3 is 2. The van der Waals surface area contributed by atoms with Gasteiger partial charge in [-0.3, -0.25) is 9.10 Å². The molecule has 2 aromatic carbocycles. The van der Waals surface area contributed by atoms with Crippen LogP contribution < -0.4 is 19.1 Å². The highest BCUT2D eigenvalue weighted by atomic mass is 35.5. The van der Waals surface area contributed by atoms with Crippen molar-refractivity contribution < 1.29 is 22.7 Å². The second kappa shape index (κ2) is 9.37. The smallest absolute Gasteiger partial charge is 0.241 e. The van der Waals surface area contributed by atoms with Crippen molar-refractivity contribution >= 4 is 33.2 Å². The Labute approximate surface area is 176 Å². The van der Waals surface area contributed by atoms with E-state index in [4.69, 9.17) is 21.1 Å². The molecule has 0 aliphatic carbocycles. The summed E-state index contributed by atoms with van der Waals surface area (Å²) in [5.74, 6) is 0.741. The van der Waals surface area contributed by atoms with Gasteiger partial charge in [0.2, 0.25) is 15.9 Å². The summed E-state index contributed by atoms with van der Waals surface area (Å²) in [5.41, 5.74) is 1.65. The van der Waals surface area contributed by atoms with Gasteiger partial charge in [-0.05, 0) is 49.7 Å². The standard InChI is InChI=1S/C20H25ClN2O5S/c1-13-17(21)7-6-8-18(13)23(29(5,25)26)12-20(24)22-14(2)16-11-15(27-3)9-10-19(16)28-4/h6-11,14H,12H2,1-5H3,(H,22,24)/t14-/m1/s1. The molecule has 1 N–H and O–H groups in total. The first-order valence-electron chi connectivity index (χ1n) is 8.82. The number of hydrogen-bond acceptors (Lipinski definition) is 5. The number of halogens is 1. The molecule has 9 heteroatoms. The number of anilines is 1. The number of hydrogen-bond donors (Lipinski definition) is 1. The lowest BCUT2D eigenvalue weighted by Gasteiger charge is -2.25. The fourth-order valence-electron chi connectivity index (χ4n) is 2.92. The lowest BCUT2D eigenvalue weighted by atomic mass is 10.1. The quantitative estimate of drug-likeness (QED) is 0.680. The van der Waals surface area contributed by atoms with E-state index in [0.29, 0.717) is 33.3 Å². The van der Waals surface area contributed by atoms with E-state index in [2.05, 4.69) is 5.32 Å². The zero-order chi connectivity index (χ0) is 21.8. The van der Waals surface area contributed by atoms with Gasteiger partial charge in [0.25, 0.3) is 0 Å². The number of amides is 1. The molecule has 2 rings (SSSR count). The molecule has 1 amide bonds. The maximum Gasteiger partial charge on any atom is 0.241 e. The van der Waals surface area contributed by atoms with Gasteiger partial charge in [0.05, 0.1) is 32.2 Å². The third kappa shape index (κ3) is 5.55. The molecule has 0 spiro atoms. The Bertz CT molecular complexity index is 994. The van der Waals surface area contributed by atoms with Gasteiger partial charge in [0.1, 0.15) is 18.0 Å². The van der Waals surface area contributed by atoms with E-state index in [-0.39, 0.29) is 6.54 Å². The monoisotopic (exact) mass is 440 g/mol. The third-order valence-corrected chi connectivity index (χ3v) is 6.01. The van der Waals surface area contributed by atoms with Gasteiger partial charge in [0, 0.05) is 10.6 Å². The molecule has 158 valence electrons. The molecule has 0 aromatic heterocycles. The zero-order valence-electron chi connectivity index (χ0n) is 17.0. The Hall–Kier alpha value is -2.45. The van der Waals surface area contributed by atoms with E-state index in [1.54, 1.807) is 57.4 Å². The molecule has 0 radical (unpaired) electrons. The molecule has 2 aromatic rings. The molecule has 0 fully saturated rings. The Morgan fingerprint density at radius 1 is 1.21 bits per heavy atom. The van der Waals surface area contributed by atoms with Crippen molar-refractivity contribution in [3.63, 3.8) is 0 Å². The number of sulfonamides is 1. The van der Waals surface area contributed by atoms with Crippen LogP contribution in [0.25, 0.3) is 0 Å². The lowest BCUT2D eigenvalue weighted by molar-refractivity contribution is -0.120. The van der Waals surface area contributed by atoms with Crippen LogP contribution in [0, 0.1) is 6.92 Å². The lowest BCUT2D eigenvalue weighted by Crippen LogP contribution is -2.41. The summed E-state index contributed by atoms with van der Waals surface area (Å²) in [5, 5.41) is 3.24. The van der Waals surface area contributed by atoms with E-state index in [0.717, 1.165) is 10.6 Å². The molecule has 29 heavy (non-hydrogen) atoms. The highest BCUT2D eigenvalue weighted by Gasteiger charge is 2.24. The van der Waals surface area contributed by atoms with Crippen LogP contribution in [0.15, 0.2) is 36.4 Å². The predicted octanol–water partition coefficient (Wildman–Crippen LogP) is 3.31. The third-order valence-electron chi connectivity index (χ3n) is 4.48. The molecular formula is C20H25ClN2O5S. The van der Waals surface area contributed by atoms with Crippen molar-refractivity contribution in [3.05, 3.63) is 52.5 Å². The molecule has 0 saturated carbocycles. The number of rotatable bonds is 8. The van der Waals surface area contributed by atoms with Crippen LogP contribution in [0.1, 0.15) is 24.1 Å². The Kier molecular flexibility index (Phi) is 7.37. The SMILES string of the molecule is COc1ccc(OC)c([C@@H](C)NC(=O)CN(c2cccc(Cl)c2C)S(C)(=O)=O)c1. The van der Waals surface area contributed by atoms with Crippen LogP contribution in [0.4, 0.5) is 5.69 Å². The van der Waals surface area contributed by atoms with Gasteiger partial charge in [-0.1, -0.05) is 17.7 Å². The van der Waals surface area contributed by atoms with Crippen LogP contribution in [-0.2, 0) is 14.8 Å². The van der Waals surface area contributed by atoms with Crippen LogP contribution in [-0.4, -0.2) is 41.3 Å². The summed E-state index contributed by atoms with van der Waals surface area (Å²) in [7, 11) is -0.624.